The van der Waals surface area contributed by atoms with Crippen molar-refractivity contribution in [1.29, 1.82) is 0 Å². The minimum absolute atomic E-state index is 0.255. The summed E-state index contributed by atoms with van der Waals surface area (Å²) >= 11 is 9.14. The molecule has 3 rings (SSSR count). The van der Waals surface area contributed by atoms with E-state index in [1.54, 1.807) is 6.07 Å². The maximum atomic E-state index is 14.1. The second-order valence-electron chi connectivity index (χ2n) is 4.33. The summed E-state index contributed by atoms with van der Waals surface area (Å²) in [5, 5.41) is 4.33. The van der Waals surface area contributed by atoms with Gasteiger partial charge in [0.2, 0.25) is 0 Å². The average molecular weight is 331 g/mol. The van der Waals surface area contributed by atoms with Gasteiger partial charge in [-0.25, -0.2) is 14.4 Å². The Morgan fingerprint density at radius 2 is 2.28 bits per heavy atom. The van der Waals surface area contributed by atoms with Crippen molar-refractivity contribution in [3.8, 4) is 0 Å². The first-order valence-electron chi connectivity index (χ1n) is 5.67. The zero-order chi connectivity index (χ0) is 12.7. The van der Waals surface area contributed by atoms with E-state index in [0.717, 1.165) is 25.2 Å². The highest BCUT2D eigenvalue weighted by Gasteiger charge is 2.22. The van der Waals surface area contributed by atoms with Gasteiger partial charge in [-0.15, -0.1) is 0 Å². The van der Waals surface area contributed by atoms with Gasteiger partial charge in [0, 0.05) is 17.8 Å². The second kappa shape index (κ2) is 4.72. The predicted molar refractivity (Wildman–Crippen MR) is 72.4 cm³/mol. The number of nitrogens with zero attached hydrogens (tertiary/aromatic N) is 2. The lowest BCUT2D eigenvalue weighted by molar-refractivity contribution is 0.629. The topological polar surface area (TPSA) is 37.8 Å². The number of benzene rings is 1. The quantitative estimate of drug-likeness (QED) is 0.816. The Hall–Kier alpha value is -0.780. The first-order valence-corrected chi connectivity index (χ1v) is 6.84. The molecule has 1 aromatic carbocycles. The van der Waals surface area contributed by atoms with Crippen molar-refractivity contribution in [2.45, 2.75) is 12.3 Å². The van der Waals surface area contributed by atoms with Gasteiger partial charge in [-0.2, -0.15) is 0 Å². The highest BCUT2D eigenvalue weighted by atomic mass is 79.9. The van der Waals surface area contributed by atoms with E-state index in [1.807, 2.05) is 0 Å². The van der Waals surface area contributed by atoms with E-state index < -0.39 is 5.82 Å². The van der Waals surface area contributed by atoms with E-state index in [2.05, 4.69) is 31.2 Å². The molecule has 1 fully saturated rings. The largest absolute Gasteiger partial charge is 0.316 e. The summed E-state index contributed by atoms with van der Waals surface area (Å²) in [6.45, 7) is 1.82. The molecule has 0 amide bonds. The van der Waals surface area contributed by atoms with Crippen molar-refractivity contribution in [1.82, 2.24) is 15.3 Å². The average Bonchev–Trinajstić information content (AvgIpc) is 2.89. The monoisotopic (exact) mass is 329 g/mol. The maximum Gasteiger partial charge on any atom is 0.165 e. The standard InChI is InChI=1S/C12H10BrClFN3/c13-9-8(14)3-7-11(6-1-2-16-4-6)17-5-18-12(7)10(9)15/h3,5-6,16H,1-2,4H2. The molecule has 3 nitrogen and oxygen atoms in total. The van der Waals surface area contributed by atoms with Crippen LogP contribution in [0.2, 0.25) is 5.02 Å². The number of fused-ring (bicyclic) bond motifs is 1. The molecular weight excluding hydrogens is 321 g/mol. The molecule has 6 heteroatoms. The van der Waals surface area contributed by atoms with Crippen molar-refractivity contribution in [3.63, 3.8) is 0 Å². The Bertz CT molecular complexity index is 614. The van der Waals surface area contributed by atoms with Crippen LogP contribution in [0.5, 0.6) is 0 Å². The number of hydrogen-bond donors (Lipinski definition) is 1. The van der Waals surface area contributed by atoms with Crippen LogP contribution in [0, 0.1) is 5.82 Å². The van der Waals surface area contributed by atoms with E-state index >= 15 is 0 Å². The third kappa shape index (κ3) is 1.90. The molecule has 2 aromatic rings. The highest BCUT2D eigenvalue weighted by molar-refractivity contribution is 9.10. The summed E-state index contributed by atoms with van der Waals surface area (Å²) in [6.07, 6.45) is 2.42. The van der Waals surface area contributed by atoms with Gasteiger partial charge < -0.3 is 5.32 Å². The van der Waals surface area contributed by atoms with Crippen LogP contribution in [0.4, 0.5) is 4.39 Å². The van der Waals surface area contributed by atoms with E-state index in [4.69, 9.17) is 11.6 Å². The number of hydrogen-bond acceptors (Lipinski definition) is 3. The van der Waals surface area contributed by atoms with E-state index in [-0.39, 0.29) is 4.47 Å². The fourth-order valence-corrected chi connectivity index (χ4v) is 2.83. The van der Waals surface area contributed by atoms with Gasteiger partial charge in [0.25, 0.3) is 0 Å². The lowest BCUT2D eigenvalue weighted by Crippen LogP contribution is -2.09. The SMILES string of the molecule is Fc1c(Br)c(Cl)cc2c(C3CCNC3)ncnc12. The smallest absolute Gasteiger partial charge is 0.165 e. The summed E-state index contributed by atoms with van der Waals surface area (Å²) in [5.41, 5.74) is 1.20. The lowest BCUT2D eigenvalue weighted by Gasteiger charge is -2.12. The Kier molecular flexibility index (Phi) is 3.21. The molecule has 2 heterocycles. The summed E-state index contributed by atoms with van der Waals surface area (Å²) in [4.78, 5) is 8.33. The molecule has 1 unspecified atom stereocenters. The van der Waals surface area contributed by atoms with Gasteiger partial charge in [-0.3, -0.25) is 0 Å². The highest BCUT2D eigenvalue weighted by Crippen LogP contribution is 2.34. The minimum atomic E-state index is -0.424. The normalized spacial score (nSPS) is 19.6. The number of aromatic nitrogens is 2. The molecule has 0 spiro atoms. The van der Waals surface area contributed by atoms with Gasteiger partial charge >= 0.3 is 0 Å². The van der Waals surface area contributed by atoms with E-state index in [0.29, 0.717) is 21.8 Å². The van der Waals surface area contributed by atoms with Gasteiger partial charge in [0.1, 0.15) is 11.8 Å². The number of halogens is 3. The van der Waals surface area contributed by atoms with E-state index in [1.165, 1.54) is 6.33 Å². The molecule has 1 N–H and O–H groups in total. The van der Waals surface area contributed by atoms with Crippen LogP contribution in [0.1, 0.15) is 18.0 Å². The molecule has 0 saturated carbocycles. The number of nitrogens with one attached hydrogen (secondary N) is 1. The molecule has 18 heavy (non-hydrogen) atoms. The molecule has 1 aromatic heterocycles. The van der Waals surface area contributed by atoms with Crippen LogP contribution in [0.15, 0.2) is 16.9 Å². The molecule has 0 bridgehead atoms. The summed E-state index contributed by atoms with van der Waals surface area (Å²) < 4.78 is 14.3. The summed E-state index contributed by atoms with van der Waals surface area (Å²) in [5.74, 6) is -0.126. The van der Waals surface area contributed by atoms with E-state index in [9.17, 15) is 4.39 Å². The Balaban J connectivity index is 2.27. The van der Waals surface area contributed by atoms with Gasteiger partial charge in [0.15, 0.2) is 5.82 Å². The maximum absolute atomic E-state index is 14.1. The van der Waals surface area contributed by atoms with Crippen LogP contribution in [0.25, 0.3) is 10.9 Å². The van der Waals surface area contributed by atoms with Crippen molar-refractivity contribution in [3.05, 3.63) is 33.4 Å². The fraction of sp³-hybridized carbons (Fsp3) is 0.333. The summed E-state index contributed by atoms with van der Waals surface area (Å²) in [7, 11) is 0. The van der Waals surface area contributed by atoms with Crippen molar-refractivity contribution in [2.75, 3.05) is 13.1 Å². The third-order valence-electron chi connectivity index (χ3n) is 3.24. The number of rotatable bonds is 1. The predicted octanol–water partition coefficient (Wildman–Crippen LogP) is 3.26. The van der Waals surface area contributed by atoms with Crippen molar-refractivity contribution >= 4 is 38.4 Å². The Labute approximate surface area is 117 Å². The van der Waals surface area contributed by atoms with Crippen molar-refractivity contribution in [2.24, 2.45) is 0 Å². The fourth-order valence-electron chi connectivity index (χ4n) is 2.34. The first kappa shape index (κ1) is 12.3. The summed E-state index contributed by atoms with van der Waals surface area (Å²) in [6, 6.07) is 1.73. The Morgan fingerprint density at radius 1 is 1.44 bits per heavy atom. The molecule has 0 aliphatic carbocycles. The van der Waals surface area contributed by atoms with Crippen LogP contribution >= 0.6 is 27.5 Å². The molecule has 1 atom stereocenters. The first-order chi connectivity index (χ1) is 8.68. The molecule has 0 radical (unpaired) electrons. The minimum Gasteiger partial charge on any atom is -0.316 e. The molecular formula is C12H10BrClFN3. The van der Waals surface area contributed by atoms with Gasteiger partial charge in [-0.05, 0) is 35.0 Å². The zero-order valence-electron chi connectivity index (χ0n) is 9.38. The zero-order valence-corrected chi connectivity index (χ0v) is 11.7. The van der Waals surface area contributed by atoms with Gasteiger partial charge in [0.05, 0.1) is 15.2 Å². The van der Waals surface area contributed by atoms with Crippen LogP contribution in [-0.2, 0) is 0 Å². The second-order valence-corrected chi connectivity index (χ2v) is 5.53. The van der Waals surface area contributed by atoms with Gasteiger partial charge in [-0.1, -0.05) is 11.6 Å². The molecule has 1 aliphatic heterocycles. The molecule has 1 saturated heterocycles. The molecule has 1 aliphatic rings. The van der Waals surface area contributed by atoms with Crippen LogP contribution in [-0.4, -0.2) is 23.1 Å². The Morgan fingerprint density at radius 3 is 3.00 bits per heavy atom. The molecule has 94 valence electrons. The van der Waals surface area contributed by atoms with Crippen LogP contribution < -0.4 is 5.32 Å². The lowest BCUT2D eigenvalue weighted by atomic mass is 10.00. The van der Waals surface area contributed by atoms with Crippen LogP contribution in [0.3, 0.4) is 0 Å². The third-order valence-corrected chi connectivity index (χ3v) is 4.54. The van der Waals surface area contributed by atoms with Crippen molar-refractivity contribution < 1.29 is 4.39 Å².